The summed E-state index contributed by atoms with van der Waals surface area (Å²) in [7, 11) is 1.56. The molecule has 2 amide bonds. The maximum Gasteiger partial charge on any atom is 0.321 e. The van der Waals surface area contributed by atoms with Gasteiger partial charge in [-0.25, -0.2) is 4.79 Å². The Kier molecular flexibility index (Phi) is 3.89. The third-order valence-electron chi connectivity index (χ3n) is 3.06. The van der Waals surface area contributed by atoms with Crippen LogP contribution in [0.4, 0.5) is 10.5 Å². The highest BCUT2D eigenvalue weighted by Crippen LogP contribution is 2.24. The van der Waals surface area contributed by atoms with Gasteiger partial charge >= 0.3 is 12.0 Å². The molecule has 1 saturated heterocycles. The largest absolute Gasteiger partial charge is 0.497 e. The van der Waals surface area contributed by atoms with E-state index in [1.807, 2.05) is 0 Å². The maximum absolute atomic E-state index is 11.9. The number of carboxylic acid groups (broad SMARTS) is 1. The summed E-state index contributed by atoms with van der Waals surface area (Å²) in [5.74, 6) is -0.293. The number of aliphatic carboxylic acids is 1. The zero-order valence-electron chi connectivity index (χ0n) is 10.6. The van der Waals surface area contributed by atoms with Gasteiger partial charge in [-0.05, 0) is 12.1 Å². The van der Waals surface area contributed by atoms with Crippen LogP contribution < -0.4 is 15.0 Å². The molecule has 1 aromatic carbocycles. The molecule has 6 heteroatoms. The lowest BCUT2D eigenvalue weighted by Crippen LogP contribution is -2.51. The SMILES string of the molecule is COc1cccc(N2CC(CC(=O)O)CNC2=O)c1. The zero-order valence-corrected chi connectivity index (χ0v) is 10.6. The fourth-order valence-corrected chi connectivity index (χ4v) is 2.12. The van der Waals surface area contributed by atoms with Gasteiger partial charge in [0.15, 0.2) is 0 Å². The molecule has 0 radical (unpaired) electrons. The van der Waals surface area contributed by atoms with Gasteiger partial charge in [-0.15, -0.1) is 0 Å². The van der Waals surface area contributed by atoms with Crippen molar-refractivity contribution in [2.45, 2.75) is 6.42 Å². The lowest BCUT2D eigenvalue weighted by molar-refractivity contribution is -0.138. The van der Waals surface area contributed by atoms with E-state index in [1.54, 1.807) is 36.3 Å². The fraction of sp³-hybridized carbons (Fsp3) is 0.385. The highest BCUT2D eigenvalue weighted by atomic mass is 16.5. The van der Waals surface area contributed by atoms with Crippen molar-refractivity contribution in [3.8, 4) is 5.75 Å². The molecule has 1 atom stereocenters. The molecule has 2 rings (SSSR count). The second-order valence-electron chi connectivity index (χ2n) is 4.46. The molecule has 1 aliphatic rings. The Morgan fingerprint density at radius 3 is 3.05 bits per heavy atom. The molecule has 0 saturated carbocycles. The molecular weight excluding hydrogens is 248 g/mol. The molecule has 1 unspecified atom stereocenters. The predicted molar refractivity (Wildman–Crippen MR) is 69.5 cm³/mol. The molecule has 1 heterocycles. The molecule has 2 N–H and O–H groups in total. The third-order valence-corrected chi connectivity index (χ3v) is 3.06. The van der Waals surface area contributed by atoms with Crippen LogP contribution in [0.2, 0.25) is 0 Å². The standard InChI is InChI=1S/C13H16N2O4/c1-19-11-4-2-3-10(6-11)15-8-9(5-12(16)17)7-14-13(15)18/h2-4,6,9H,5,7-8H2,1H3,(H,14,18)(H,16,17). The second kappa shape index (κ2) is 5.60. The minimum atomic E-state index is -0.855. The van der Waals surface area contributed by atoms with Gasteiger partial charge < -0.3 is 15.2 Å². The summed E-state index contributed by atoms with van der Waals surface area (Å²) < 4.78 is 5.12. The number of urea groups is 1. The van der Waals surface area contributed by atoms with Gasteiger partial charge in [-0.3, -0.25) is 9.69 Å². The Morgan fingerprint density at radius 1 is 1.58 bits per heavy atom. The van der Waals surface area contributed by atoms with E-state index in [2.05, 4.69) is 5.32 Å². The van der Waals surface area contributed by atoms with Gasteiger partial charge in [0, 0.05) is 30.8 Å². The minimum Gasteiger partial charge on any atom is -0.497 e. The van der Waals surface area contributed by atoms with E-state index in [-0.39, 0.29) is 18.4 Å². The van der Waals surface area contributed by atoms with Crippen molar-refractivity contribution in [3.63, 3.8) is 0 Å². The van der Waals surface area contributed by atoms with Crippen molar-refractivity contribution < 1.29 is 19.4 Å². The molecule has 102 valence electrons. The molecule has 6 nitrogen and oxygen atoms in total. The Labute approximate surface area is 111 Å². The number of hydrogen-bond donors (Lipinski definition) is 2. The molecule has 1 aliphatic heterocycles. The number of carboxylic acids is 1. The predicted octanol–water partition coefficient (Wildman–Crippen LogP) is 1.32. The number of anilines is 1. The average Bonchev–Trinajstić information content (AvgIpc) is 2.40. The highest BCUT2D eigenvalue weighted by Gasteiger charge is 2.27. The summed E-state index contributed by atoms with van der Waals surface area (Å²) in [6.45, 7) is 0.789. The first-order valence-electron chi connectivity index (χ1n) is 6.01. The summed E-state index contributed by atoms with van der Waals surface area (Å²) in [5.41, 5.74) is 0.701. The van der Waals surface area contributed by atoms with Crippen LogP contribution in [0.15, 0.2) is 24.3 Å². The van der Waals surface area contributed by atoms with Crippen LogP contribution in [0, 0.1) is 5.92 Å². The number of benzene rings is 1. The first kappa shape index (κ1) is 13.2. The van der Waals surface area contributed by atoms with Crippen LogP contribution in [-0.4, -0.2) is 37.3 Å². The topological polar surface area (TPSA) is 78.9 Å². The Hall–Kier alpha value is -2.24. The maximum atomic E-state index is 11.9. The lowest BCUT2D eigenvalue weighted by Gasteiger charge is -2.32. The number of hydrogen-bond acceptors (Lipinski definition) is 3. The molecule has 1 fully saturated rings. The summed E-state index contributed by atoms with van der Waals surface area (Å²) in [6.07, 6.45) is 0.0424. The first-order valence-corrected chi connectivity index (χ1v) is 6.01. The molecule has 0 bridgehead atoms. The van der Waals surface area contributed by atoms with Gasteiger partial charge in [0.25, 0.3) is 0 Å². The summed E-state index contributed by atoms with van der Waals surface area (Å²) in [4.78, 5) is 24.1. The molecule has 0 spiro atoms. The van der Waals surface area contributed by atoms with Crippen molar-refractivity contribution in [2.24, 2.45) is 5.92 Å². The number of nitrogens with zero attached hydrogens (tertiary/aromatic N) is 1. The normalized spacial score (nSPS) is 18.9. The van der Waals surface area contributed by atoms with Gasteiger partial charge in [0.1, 0.15) is 5.75 Å². The first-order chi connectivity index (χ1) is 9.10. The van der Waals surface area contributed by atoms with Crippen molar-refractivity contribution in [1.29, 1.82) is 0 Å². The summed E-state index contributed by atoms with van der Waals surface area (Å²) >= 11 is 0. The van der Waals surface area contributed by atoms with Crippen molar-refractivity contribution in [1.82, 2.24) is 5.32 Å². The number of carbonyl (C=O) groups excluding carboxylic acids is 1. The quantitative estimate of drug-likeness (QED) is 0.859. The Balaban J connectivity index is 2.16. The smallest absolute Gasteiger partial charge is 0.321 e. The summed E-state index contributed by atoms with van der Waals surface area (Å²) in [6, 6.07) is 6.92. The van der Waals surface area contributed by atoms with E-state index in [0.717, 1.165) is 0 Å². The monoisotopic (exact) mass is 264 g/mol. The van der Waals surface area contributed by atoms with E-state index in [1.165, 1.54) is 0 Å². The number of methoxy groups -OCH3 is 1. The van der Waals surface area contributed by atoms with Crippen molar-refractivity contribution >= 4 is 17.7 Å². The zero-order chi connectivity index (χ0) is 13.8. The third kappa shape index (κ3) is 3.15. The van der Waals surface area contributed by atoms with Crippen molar-refractivity contribution in [2.75, 3.05) is 25.1 Å². The summed E-state index contributed by atoms with van der Waals surface area (Å²) in [5, 5.41) is 11.5. The molecule has 19 heavy (non-hydrogen) atoms. The van der Waals surface area contributed by atoms with Gasteiger partial charge in [-0.2, -0.15) is 0 Å². The van der Waals surface area contributed by atoms with Gasteiger partial charge in [0.2, 0.25) is 0 Å². The molecular formula is C13H16N2O4. The van der Waals surface area contributed by atoms with Crippen LogP contribution in [0.5, 0.6) is 5.75 Å². The van der Waals surface area contributed by atoms with Crippen LogP contribution in [0.1, 0.15) is 6.42 Å². The van der Waals surface area contributed by atoms with E-state index >= 15 is 0 Å². The van der Waals surface area contributed by atoms with E-state index in [9.17, 15) is 9.59 Å². The van der Waals surface area contributed by atoms with E-state index in [4.69, 9.17) is 9.84 Å². The average molecular weight is 264 g/mol. The van der Waals surface area contributed by atoms with Gasteiger partial charge in [-0.1, -0.05) is 6.07 Å². The molecule has 0 aliphatic carbocycles. The van der Waals surface area contributed by atoms with Crippen molar-refractivity contribution in [3.05, 3.63) is 24.3 Å². The molecule has 1 aromatic rings. The Morgan fingerprint density at radius 2 is 2.37 bits per heavy atom. The van der Waals surface area contributed by atoms with Crippen LogP contribution in [0.3, 0.4) is 0 Å². The number of ether oxygens (including phenoxy) is 1. The number of rotatable bonds is 4. The molecule has 0 aromatic heterocycles. The Bertz CT molecular complexity index is 489. The fourth-order valence-electron chi connectivity index (χ4n) is 2.12. The number of amides is 2. The number of carbonyl (C=O) groups is 2. The highest BCUT2D eigenvalue weighted by molar-refractivity contribution is 5.93. The number of nitrogens with one attached hydrogen (secondary N) is 1. The van der Waals surface area contributed by atoms with Crippen LogP contribution in [0.25, 0.3) is 0 Å². The van der Waals surface area contributed by atoms with E-state index < -0.39 is 5.97 Å². The minimum absolute atomic E-state index is 0.0424. The second-order valence-corrected chi connectivity index (χ2v) is 4.46. The lowest BCUT2D eigenvalue weighted by atomic mass is 10.0. The van der Waals surface area contributed by atoms with Gasteiger partial charge in [0.05, 0.1) is 13.5 Å². The van der Waals surface area contributed by atoms with Crippen LogP contribution in [-0.2, 0) is 4.79 Å². The van der Waals surface area contributed by atoms with E-state index in [0.29, 0.717) is 24.5 Å². The van der Waals surface area contributed by atoms with Crippen LogP contribution >= 0.6 is 0 Å².